The zero-order chi connectivity index (χ0) is 13.5. The molecule has 1 heterocycles. The molecule has 1 aromatic rings. The minimum atomic E-state index is -0.606. The number of pyridine rings is 1. The minimum absolute atomic E-state index is 0.344. The maximum Gasteiger partial charge on any atom is 0.332 e. The molecule has 0 aliphatic rings. The average molecular weight is 271 g/mol. The topological polar surface area (TPSA) is 94.1 Å². The van der Waals surface area contributed by atoms with E-state index in [0.29, 0.717) is 17.4 Å². The van der Waals surface area contributed by atoms with Gasteiger partial charge in [-0.15, -0.1) is 0 Å². The van der Waals surface area contributed by atoms with Crippen LogP contribution in [-0.2, 0) is 6.42 Å². The Morgan fingerprint density at radius 3 is 2.89 bits per heavy atom. The molecule has 1 aromatic heterocycles. The third kappa shape index (κ3) is 4.58. The Bertz CT molecular complexity index is 445. The highest BCUT2D eigenvalue weighted by atomic mass is 35.5. The van der Waals surface area contributed by atoms with Gasteiger partial charge in [-0.25, -0.2) is 4.98 Å². The third-order valence-corrected chi connectivity index (χ3v) is 2.63. The predicted molar refractivity (Wildman–Crippen MR) is 69.5 cm³/mol. The van der Waals surface area contributed by atoms with Crippen molar-refractivity contribution in [2.24, 2.45) is 5.73 Å². The lowest BCUT2D eigenvalue weighted by Crippen LogP contribution is -2.21. The van der Waals surface area contributed by atoms with Gasteiger partial charge in [-0.1, -0.05) is 17.7 Å². The quantitative estimate of drug-likeness (QED) is 0.355. The number of nitro groups is 1. The fraction of sp³-hybridized carbons (Fsp3) is 0.364. The number of hydrogen-bond donors (Lipinski definition) is 2. The van der Waals surface area contributed by atoms with Crippen molar-refractivity contribution in [2.45, 2.75) is 19.8 Å². The smallest absolute Gasteiger partial charge is 0.332 e. The molecule has 3 N–H and O–H groups in total. The van der Waals surface area contributed by atoms with Crippen molar-refractivity contribution < 1.29 is 4.92 Å². The molecule has 18 heavy (non-hydrogen) atoms. The Kier molecular flexibility index (Phi) is 5.38. The van der Waals surface area contributed by atoms with Crippen LogP contribution in [0.2, 0.25) is 5.15 Å². The highest BCUT2D eigenvalue weighted by Gasteiger charge is 2.05. The summed E-state index contributed by atoms with van der Waals surface area (Å²) in [6.07, 6.45) is 3.37. The molecule has 98 valence electrons. The van der Waals surface area contributed by atoms with E-state index < -0.39 is 4.92 Å². The number of rotatable bonds is 6. The van der Waals surface area contributed by atoms with Crippen molar-refractivity contribution in [1.82, 2.24) is 10.3 Å². The van der Waals surface area contributed by atoms with Gasteiger partial charge < -0.3 is 15.4 Å². The van der Waals surface area contributed by atoms with E-state index in [1.165, 1.54) is 0 Å². The molecule has 0 atom stereocenters. The van der Waals surface area contributed by atoms with Crippen molar-refractivity contribution in [3.63, 3.8) is 0 Å². The molecule has 0 amide bonds. The van der Waals surface area contributed by atoms with E-state index in [1.54, 1.807) is 19.2 Å². The summed E-state index contributed by atoms with van der Waals surface area (Å²) in [5.74, 6) is -0.344. The number of aryl methyl sites for hydroxylation is 1. The first kappa shape index (κ1) is 14.2. The van der Waals surface area contributed by atoms with Crippen LogP contribution in [0.25, 0.3) is 0 Å². The van der Waals surface area contributed by atoms with Crippen molar-refractivity contribution in [1.29, 1.82) is 0 Å². The number of aromatic nitrogens is 1. The van der Waals surface area contributed by atoms with Crippen LogP contribution in [0, 0.1) is 10.1 Å². The monoisotopic (exact) mass is 270 g/mol. The van der Waals surface area contributed by atoms with Gasteiger partial charge in [0.1, 0.15) is 10.9 Å². The summed E-state index contributed by atoms with van der Waals surface area (Å²) >= 11 is 5.67. The van der Waals surface area contributed by atoms with Gasteiger partial charge in [0, 0.05) is 12.7 Å². The molecular formula is C11H15ClN4O2. The molecule has 0 unspecified atom stereocenters. The van der Waals surface area contributed by atoms with Crippen molar-refractivity contribution in [2.75, 3.05) is 6.54 Å². The van der Waals surface area contributed by atoms with Gasteiger partial charge in [0.2, 0.25) is 0 Å². The zero-order valence-electron chi connectivity index (χ0n) is 10.0. The van der Waals surface area contributed by atoms with Crippen LogP contribution in [-0.4, -0.2) is 16.5 Å². The molecule has 0 fully saturated rings. The van der Waals surface area contributed by atoms with Gasteiger partial charge in [-0.2, -0.15) is 0 Å². The van der Waals surface area contributed by atoms with Crippen LogP contribution in [0.5, 0.6) is 0 Å². The summed E-state index contributed by atoms with van der Waals surface area (Å²) in [6.45, 7) is 2.20. The van der Waals surface area contributed by atoms with Crippen molar-refractivity contribution >= 4 is 11.6 Å². The number of nitrogens with two attached hydrogens (primary N) is 1. The first-order valence-electron chi connectivity index (χ1n) is 5.45. The summed E-state index contributed by atoms with van der Waals surface area (Å²) in [4.78, 5) is 13.8. The number of hydrogen-bond acceptors (Lipinski definition) is 5. The Balaban J connectivity index is 2.33. The molecule has 0 saturated carbocycles. The van der Waals surface area contributed by atoms with Gasteiger partial charge >= 0.3 is 5.82 Å². The minimum Gasteiger partial charge on any atom is -0.382 e. The molecule has 6 nitrogen and oxygen atoms in total. The SMILES string of the molecule is CC(NCCCc1ccc(Cl)nc1)=C(N)[N+](=O)[O-]. The van der Waals surface area contributed by atoms with Crippen molar-refractivity contribution in [3.8, 4) is 0 Å². The number of allylic oxidation sites excluding steroid dienone is 1. The second-order valence-corrected chi connectivity index (χ2v) is 4.17. The molecule has 0 spiro atoms. The molecular weight excluding hydrogens is 256 g/mol. The lowest BCUT2D eigenvalue weighted by atomic mass is 10.1. The summed E-state index contributed by atoms with van der Waals surface area (Å²) in [7, 11) is 0. The summed E-state index contributed by atoms with van der Waals surface area (Å²) in [5, 5.41) is 13.8. The van der Waals surface area contributed by atoms with Crippen LogP contribution in [0.1, 0.15) is 18.9 Å². The van der Waals surface area contributed by atoms with Crippen LogP contribution in [0.4, 0.5) is 0 Å². The van der Waals surface area contributed by atoms with E-state index in [0.717, 1.165) is 18.4 Å². The van der Waals surface area contributed by atoms with Crippen LogP contribution in [0.3, 0.4) is 0 Å². The summed E-state index contributed by atoms with van der Waals surface area (Å²) in [6, 6.07) is 3.64. The fourth-order valence-electron chi connectivity index (χ4n) is 1.35. The normalized spacial score (nSPS) is 11.9. The van der Waals surface area contributed by atoms with Crippen LogP contribution in [0.15, 0.2) is 29.8 Å². The van der Waals surface area contributed by atoms with E-state index in [-0.39, 0.29) is 5.82 Å². The van der Waals surface area contributed by atoms with E-state index in [1.807, 2.05) is 6.07 Å². The highest BCUT2D eigenvalue weighted by Crippen LogP contribution is 2.07. The van der Waals surface area contributed by atoms with E-state index in [9.17, 15) is 10.1 Å². The second kappa shape index (κ2) is 6.80. The van der Waals surface area contributed by atoms with Gasteiger partial charge in [0.15, 0.2) is 0 Å². The third-order valence-electron chi connectivity index (χ3n) is 2.40. The van der Waals surface area contributed by atoms with E-state index in [2.05, 4.69) is 10.3 Å². The molecule has 0 aliphatic heterocycles. The second-order valence-electron chi connectivity index (χ2n) is 3.79. The van der Waals surface area contributed by atoms with Gasteiger partial charge in [0.05, 0.1) is 0 Å². The Morgan fingerprint density at radius 1 is 1.61 bits per heavy atom. The van der Waals surface area contributed by atoms with E-state index in [4.69, 9.17) is 17.3 Å². The number of nitrogens with zero attached hydrogens (tertiary/aromatic N) is 2. The van der Waals surface area contributed by atoms with Gasteiger partial charge in [0.25, 0.3) is 0 Å². The van der Waals surface area contributed by atoms with Crippen LogP contribution < -0.4 is 11.1 Å². The summed E-state index contributed by atoms with van der Waals surface area (Å²) in [5.41, 5.74) is 6.72. The Hall–Kier alpha value is -1.82. The fourth-order valence-corrected chi connectivity index (χ4v) is 1.46. The largest absolute Gasteiger partial charge is 0.382 e. The average Bonchev–Trinajstić information content (AvgIpc) is 2.35. The predicted octanol–water partition coefficient (Wildman–Crippen LogP) is 1.68. The lowest BCUT2D eigenvalue weighted by molar-refractivity contribution is -0.428. The maximum absolute atomic E-state index is 10.4. The Morgan fingerprint density at radius 2 is 2.33 bits per heavy atom. The first-order chi connectivity index (χ1) is 8.50. The molecule has 0 aromatic carbocycles. The maximum atomic E-state index is 10.4. The molecule has 0 bridgehead atoms. The number of halogens is 1. The molecule has 0 saturated heterocycles. The van der Waals surface area contributed by atoms with Crippen LogP contribution >= 0.6 is 11.6 Å². The van der Waals surface area contributed by atoms with Crippen molar-refractivity contribution in [3.05, 3.63) is 50.7 Å². The number of nitrogens with one attached hydrogen (secondary N) is 1. The standard InChI is InChI=1S/C11H15ClN4O2/c1-8(11(13)16(17)18)14-6-2-3-9-4-5-10(12)15-7-9/h4-5,7,14H,2-3,6,13H2,1H3. The zero-order valence-corrected chi connectivity index (χ0v) is 10.8. The molecule has 7 heteroatoms. The lowest BCUT2D eigenvalue weighted by Gasteiger charge is -2.06. The molecule has 0 aliphatic carbocycles. The van der Waals surface area contributed by atoms with Gasteiger partial charge in [-0.05, 0) is 36.3 Å². The Labute approximate surface area is 110 Å². The van der Waals surface area contributed by atoms with E-state index >= 15 is 0 Å². The van der Waals surface area contributed by atoms with Gasteiger partial charge in [-0.3, -0.25) is 5.73 Å². The summed E-state index contributed by atoms with van der Waals surface area (Å²) < 4.78 is 0. The molecule has 1 rings (SSSR count). The first-order valence-corrected chi connectivity index (χ1v) is 5.83. The highest BCUT2D eigenvalue weighted by molar-refractivity contribution is 6.29. The molecule has 0 radical (unpaired) electrons.